The fourth-order valence-corrected chi connectivity index (χ4v) is 2.50. The van der Waals surface area contributed by atoms with Gasteiger partial charge in [-0.1, -0.05) is 11.6 Å². The highest BCUT2D eigenvalue weighted by Crippen LogP contribution is 2.29. The van der Waals surface area contributed by atoms with Gasteiger partial charge in [0.25, 0.3) is 0 Å². The van der Waals surface area contributed by atoms with Crippen LogP contribution in [0.1, 0.15) is 5.56 Å². The van der Waals surface area contributed by atoms with E-state index in [2.05, 4.69) is 19.9 Å². The molecule has 0 aliphatic rings. The second-order valence-electron chi connectivity index (χ2n) is 3.75. The van der Waals surface area contributed by atoms with Crippen molar-refractivity contribution in [3.05, 3.63) is 46.8 Å². The van der Waals surface area contributed by atoms with Gasteiger partial charge in [0, 0.05) is 29.5 Å². The van der Waals surface area contributed by atoms with E-state index in [0.29, 0.717) is 16.5 Å². The molecule has 0 saturated heterocycles. The zero-order valence-corrected chi connectivity index (χ0v) is 11.6. The fraction of sp³-hybridized carbons (Fsp3) is 0. The van der Waals surface area contributed by atoms with Crippen LogP contribution in [-0.2, 0) is 0 Å². The Bertz CT molecular complexity index is 781. The van der Waals surface area contributed by atoms with Gasteiger partial charge >= 0.3 is 0 Å². The first-order valence-electron chi connectivity index (χ1n) is 5.57. The van der Waals surface area contributed by atoms with Gasteiger partial charge in [0.05, 0.1) is 0 Å². The van der Waals surface area contributed by atoms with Crippen LogP contribution in [-0.4, -0.2) is 19.9 Å². The van der Waals surface area contributed by atoms with E-state index in [4.69, 9.17) is 11.6 Å². The minimum absolute atomic E-state index is 0.117. The van der Waals surface area contributed by atoms with E-state index in [9.17, 15) is 5.26 Å². The van der Waals surface area contributed by atoms with Crippen LogP contribution < -0.4 is 0 Å². The molecule has 20 heavy (non-hydrogen) atoms. The number of nitriles is 1. The predicted molar refractivity (Wildman–Crippen MR) is 76.1 cm³/mol. The van der Waals surface area contributed by atoms with Crippen LogP contribution >= 0.6 is 22.9 Å². The van der Waals surface area contributed by atoms with Gasteiger partial charge in [0.1, 0.15) is 22.3 Å². The normalized spacial score (nSPS) is 10.2. The molecule has 96 valence electrons. The number of hydrogen-bond acceptors (Lipinski definition) is 6. The first-order chi connectivity index (χ1) is 9.79. The van der Waals surface area contributed by atoms with E-state index < -0.39 is 0 Å². The maximum atomic E-state index is 9.21. The van der Waals surface area contributed by atoms with Crippen LogP contribution in [0.25, 0.3) is 22.1 Å². The van der Waals surface area contributed by atoms with Gasteiger partial charge < -0.3 is 0 Å². The zero-order chi connectivity index (χ0) is 13.9. The van der Waals surface area contributed by atoms with Crippen LogP contribution in [0.15, 0.2) is 36.1 Å². The standard InChI is InChI=1S/C13H6ClN5S/c14-11-9(6-15)10(13-17-4-5-20-13)18-12(19-11)8-2-1-3-16-7-8/h1-5,7H. The van der Waals surface area contributed by atoms with Crippen molar-refractivity contribution in [2.45, 2.75) is 0 Å². The molecule has 0 aromatic carbocycles. The fourth-order valence-electron chi connectivity index (χ4n) is 1.65. The molecule has 0 atom stereocenters. The van der Waals surface area contributed by atoms with E-state index in [1.165, 1.54) is 11.3 Å². The molecule has 0 spiro atoms. The Morgan fingerprint density at radius 1 is 1.25 bits per heavy atom. The summed E-state index contributed by atoms with van der Waals surface area (Å²) in [5.74, 6) is 0.423. The molecule has 0 saturated carbocycles. The van der Waals surface area contributed by atoms with Crippen LogP contribution in [0.4, 0.5) is 0 Å². The van der Waals surface area contributed by atoms with Gasteiger partial charge in [0.15, 0.2) is 11.0 Å². The highest BCUT2D eigenvalue weighted by atomic mass is 35.5. The smallest absolute Gasteiger partial charge is 0.163 e. The second kappa shape index (κ2) is 5.33. The molecule has 3 aromatic rings. The van der Waals surface area contributed by atoms with Gasteiger partial charge in [-0.3, -0.25) is 4.98 Å². The van der Waals surface area contributed by atoms with Gasteiger partial charge in [-0.05, 0) is 12.1 Å². The van der Waals surface area contributed by atoms with E-state index in [0.717, 1.165) is 5.56 Å². The predicted octanol–water partition coefficient (Wildman–Crippen LogP) is 3.19. The number of hydrogen-bond donors (Lipinski definition) is 0. The quantitative estimate of drug-likeness (QED) is 0.679. The molecule has 0 aliphatic heterocycles. The molecular weight excluding hydrogens is 294 g/mol. The van der Waals surface area contributed by atoms with E-state index in [1.54, 1.807) is 24.7 Å². The Morgan fingerprint density at radius 3 is 2.80 bits per heavy atom. The Kier molecular flexibility index (Phi) is 3.37. The molecule has 0 aliphatic carbocycles. The lowest BCUT2D eigenvalue weighted by Gasteiger charge is -2.05. The number of thiazole rings is 1. The van der Waals surface area contributed by atoms with Crippen molar-refractivity contribution in [2.24, 2.45) is 0 Å². The molecule has 0 bridgehead atoms. The molecular formula is C13H6ClN5S. The van der Waals surface area contributed by atoms with Gasteiger partial charge in [0.2, 0.25) is 0 Å². The third-order valence-corrected chi connectivity index (χ3v) is 3.58. The summed E-state index contributed by atoms with van der Waals surface area (Å²) in [4.78, 5) is 16.8. The first-order valence-corrected chi connectivity index (χ1v) is 6.83. The minimum Gasteiger partial charge on any atom is -0.264 e. The summed E-state index contributed by atoms with van der Waals surface area (Å²) < 4.78 is 0. The number of halogens is 1. The summed E-state index contributed by atoms with van der Waals surface area (Å²) >= 11 is 7.48. The summed E-state index contributed by atoms with van der Waals surface area (Å²) in [7, 11) is 0. The highest BCUT2D eigenvalue weighted by molar-refractivity contribution is 7.13. The molecule has 0 radical (unpaired) electrons. The second-order valence-corrected chi connectivity index (χ2v) is 5.00. The molecule has 3 heterocycles. The third-order valence-electron chi connectivity index (χ3n) is 2.53. The Morgan fingerprint density at radius 2 is 2.15 bits per heavy atom. The lowest BCUT2D eigenvalue weighted by molar-refractivity contribution is 1.15. The zero-order valence-electron chi connectivity index (χ0n) is 9.99. The van der Waals surface area contributed by atoms with Crippen molar-refractivity contribution in [1.29, 1.82) is 5.26 Å². The number of rotatable bonds is 2. The van der Waals surface area contributed by atoms with Crippen LogP contribution in [0.5, 0.6) is 0 Å². The van der Waals surface area contributed by atoms with Gasteiger partial charge in [-0.25, -0.2) is 15.0 Å². The lowest BCUT2D eigenvalue weighted by Crippen LogP contribution is -1.98. The monoisotopic (exact) mass is 299 g/mol. The summed E-state index contributed by atoms with van der Waals surface area (Å²) in [5.41, 5.74) is 1.41. The Balaban J connectivity index is 2.24. The average molecular weight is 300 g/mol. The van der Waals surface area contributed by atoms with Crippen molar-refractivity contribution < 1.29 is 0 Å². The summed E-state index contributed by atoms with van der Waals surface area (Å²) in [6.45, 7) is 0. The molecule has 3 aromatic heterocycles. The Labute approximate surface area is 123 Å². The van der Waals surface area contributed by atoms with E-state index >= 15 is 0 Å². The number of aromatic nitrogens is 4. The Hall–Kier alpha value is -2.36. The average Bonchev–Trinajstić information content (AvgIpc) is 3.01. The molecule has 0 unspecified atom stereocenters. The first kappa shape index (κ1) is 12.7. The third kappa shape index (κ3) is 2.25. The lowest BCUT2D eigenvalue weighted by atomic mass is 10.2. The van der Waals surface area contributed by atoms with E-state index in [1.807, 2.05) is 17.5 Å². The van der Waals surface area contributed by atoms with Crippen molar-refractivity contribution in [3.8, 4) is 28.2 Å². The minimum atomic E-state index is 0.117. The van der Waals surface area contributed by atoms with Crippen molar-refractivity contribution in [3.63, 3.8) is 0 Å². The topological polar surface area (TPSA) is 75.3 Å². The molecule has 5 nitrogen and oxygen atoms in total. The maximum Gasteiger partial charge on any atom is 0.163 e. The van der Waals surface area contributed by atoms with Crippen LogP contribution in [0.2, 0.25) is 5.15 Å². The van der Waals surface area contributed by atoms with Crippen molar-refractivity contribution in [1.82, 2.24) is 19.9 Å². The number of nitrogens with zero attached hydrogens (tertiary/aromatic N) is 5. The van der Waals surface area contributed by atoms with Gasteiger partial charge in [-0.2, -0.15) is 5.26 Å². The molecule has 0 N–H and O–H groups in total. The molecule has 0 fully saturated rings. The maximum absolute atomic E-state index is 9.21. The van der Waals surface area contributed by atoms with Crippen LogP contribution in [0, 0.1) is 11.3 Å². The van der Waals surface area contributed by atoms with E-state index in [-0.39, 0.29) is 10.7 Å². The number of pyridine rings is 1. The molecule has 3 rings (SSSR count). The van der Waals surface area contributed by atoms with Crippen molar-refractivity contribution in [2.75, 3.05) is 0 Å². The molecule has 0 amide bonds. The summed E-state index contributed by atoms with van der Waals surface area (Å²) in [6.07, 6.45) is 4.96. The van der Waals surface area contributed by atoms with Crippen LogP contribution in [0.3, 0.4) is 0 Å². The SMILES string of the molecule is N#Cc1c(Cl)nc(-c2cccnc2)nc1-c1nccs1. The molecule has 7 heteroatoms. The summed E-state index contributed by atoms with van der Waals surface area (Å²) in [6, 6.07) is 5.64. The van der Waals surface area contributed by atoms with Crippen molar-refractivity contribution >= 4 is 22.9 Å². The highest BCUT2D eigenvalue weighted by Gasteiger charge is 2.17. The largest absolute Gasteiger partial charge is 0.264 e. The van der Waals surface area contributed by atoms with Gasteiger partial charge in [-0.15, -0.1) is 11.3 Å². The summed E-state index contributed by atoms with van der Waals surface area (Å²) in [5, 5.41) is 11.8.